The maximum Gasteiger partial charge on any atom is 0.274 e. The van der Waals surface area contributed by atoms with Crippen molar-refractivity contribution in [2.75, 3.05) is 11.5 Å². The Labute approximate surface area is 99.4 Å². The van der Waals surface area contributed by atoms with Crippen LogP contribution in [0.2, 0.25) is 0 Å². The van der Waals surface area contributed by atoms with Crippen LogP contribution in [0, 0.1) is 28.9 Å². The topological polar surface area (TPSA) is 69.2 Å². The van der Waals surface area contributed by atoms with Gasteiger partial charge in [0.1, 0.15) is 0 Å². The van der Waals surface area contributed by atoms with Crippen LogP contribution in [0.15, 0.2) is 12.1 Å². The molecule has 5 heteroatoms. The van der Waals surface area contributed by atoms with Crippen molar-refractivity contribution in [3.63, 3.8) is 0 Å². The Morgan fingerprint density at radius 2 is 2.25 bits per heavy atom. The molecule has 0 aliphatic rings. The molecular formula is C11H12N2O2S. The van der Waals surface area contributed by atoms with Crippen LogP contribution >= 0.6 is 12.6 Å². The van der Waals surface area contributed by atoms with Crippen molar-refractivity contribution in [2.24, 2.45) is 0 Å². The van der Waals surface area contributed by atoms with E-state index in [-0.39, 0.29) is 5.69 Å². The Hall–Kier alpha value is -1.67. The summed E-state index contributed by atoms with van der Waals surface area (Å²) in [6, 6.07) is 2.99. The van der Waals surface area contributed by atoms with Gasteiger partial charge in [0.25, 0.3) is 5.69 Å². The zero-order valence-corrected chi connectivity index (χ0v) is 9.75. The molecule has 0 spiro atoms. The Bertz CT molecular complexity index is 475. The highest BCUT2D eigenvalue weighted by Crippen LogP contribution is 2.24. The number of nitrogen functional groups attached to an aromatic ring is 1. The molecule has 0 aliphatic carbocycles. The van der Waals surface area contributed by atoms with Crippen LogP contribution < -0.4 is 5.73 Å². The second-order valence-corrected chi connectivity index (χ2v) is 3.71. The molecule has 0 aromatic heterocycles. The van der Waals surface area contributed by atoms with Gasteiger partial charge in [-0.15, -0.1) is 0 Å². The van der Waals surface area contributed by atoms with Crippen LogP contribution in [-0.2, 0) is 0 Å². The number of nitro groups is 1. The van der Waals surface area contributed by atoms with Gasteiger partial charge in [-0.3, -0.25) is 10.1 Å². The third-order valence-corrected chi connectivity index (χ3v) is 2.25. The van der Waals surface area contributed by atoms with Gasteiger partial charge in [-0.25, -0.2) is 0 Å². The Morgan fingerprint density at radius 3 is 2.81 bits per heavy atom. The van der Waals surface area contributed by atoms with Gasteiger partial charge in [-0.2, -0.15) is 12.6 Å². The molecule has 84 valence electrons. The summed E-state index contributed by atoms with van der Waals surface area (Å²) in [5.74, 6) is 6.45. The summed E-state index contributed by atoms with van der Waals surface area (Å²) in [6.07, 6.45) is 0.665. The van der Waals surface area contributed by atoms with Gasteiger partial charge in [0.2, 0.25) is 0 Å². The van der Waals surface area contributed by atoms with Crippen molar-refractivity contribution < 1.29 is 4.92 Å². The van der Waals surface area contributed by atoms with Crippen molar-refractivity contribution in [1.82, 2.24) is 0 Å². The van der Waals surface area contributed by atoms with E-state index in [2.05, 4.69) is 24.5 Å². The molecule has 1 rings (SSSR count). The molecule has 0 saturated carbocycles. The van der Waals surface area contributed by atoms with Gasteiger partial charge >= 0.3 is 0 Å². The maximum absolute atomic E-state index is 10.6. The van der Waals surface area contributed by atoms with Crippen molar-refractivity contribution >= 4 is 24.0 Å². The minimum absolute atomic E-state index is 0.0252. The third kappa shape index (κ3) is 2.91. The lowest BCUT2D eigenvalue weighted by Crippen LogP contribution is -1.97. The van der Waals surface area contributed by atoms with E-state index in [1.165, 1.54) is 6.07 Å². The van der Waals surface area contributed by atoms with Crippen molar-refractivity contribution in [3.05, 3.63) is 33.4 Å². The SMILES string of the molecule is Cc1cc(C#CCCS)c(N)cc1[N+](=O)[O-]. The Morgan fingerprint density at radius 1 is 1.56 bits per heavy atom. The summed E-state index contributed by atoms with van der Waals surface area (Å²) in [5.41, 5.74) is 7.24. The van der Waals surface area contributed by atoms with Crippen LogP contribution in [0.25, 0.3) is 0 Å². The molecule has 0 fully saturated rings. The Kier molecular flexibility index (Phi) is 4.20. The summed E-state index contributed by atoms with van der Waals surface area (Å²) < 4.78 is 0. The minimum Gasteiger partial charge on any atom is -0.398 e. The molecule has 0 unspecified atom stereocenters. The molecular weight excluding hydrogens is 224 g/mol. The first-order valence-corrected chi connectivity index (χ1v) is 5.33. The lowest BCUT2D eigenvalue weighted by atomic mass is 10.1. The number of benzene rings is 1. The van der Waals surface area contributed by atoms with E-state index >= 15 is 0 Å². The zero-order valence-electron chi connectivity index (χ0n) is 8.86. The van der Waals surface area contributed by atoms with Crippen LogP contribution in [0.5, 0.6) is 0 Å². The van der Waals surface area contributed by atoms with Gasteiger partial charge in [0, 0.05) is 29.4 Å². The highest BCUT2D eigenvalue weighted by Gasteiger charge is 2.12. The van der Waals surface area contributed by atoms with E-state index in [1.807, 2.05) is 0 Å². The van der Waals surface area contributed by atoms with Crippen LogP contribution in [0.1, 0.15) is 17.5 Å². The number of nitro benzene ring substituents is 1. The van der Waals surface area contributed by atoms with E-state index < -0.39 is 4.92 Å². The van der Waals surface area contributed by atoms with Gasteiger partial charge in [-0.1, -0.05) is 11.8 Å². The van der Waals surface area contributed by atoms with Crippen LogP contribution in [0.4, 0.5) is 11.4 Å². The lowest BCUT2D eigenvalue weighted by molar-refractivity contribution is -0.385. The second kappa shape index (κ2) is 5.42. The van der Waals surface area contributed by atoms with E-state index in [1.54, 1.807) is 13.0 Å². The predicted molar refractivity (Wildman–Crippen MR) is 67.6 cm³/mol. The lowest BCUT2D eigenvalue weighted by Gasteiger charge is -2.01. The first-order chi connectivity index (χ1) is 7.56. The highest BCUT2D eigenvalue weighted by molar-refractivity contribution is 7.80. The fraction of sp³-hybridized carbons (Fsp3) is 0.273. The number of hydrogen-bond acceptors (Lipinski definition) is 4. The molecule has 4 nitrogen and oxygen atoms in total. The zero-order chi connectivity index (χ0) is 12.1. The van der Waals surface area contributed by atoms with Gasteiger partial charge in [0.15, 0.2) is 0 Å². The minimum atomic E-state index is -0.448. The summed E-state index contributed by atoms with van der Waals surface area (Å²) in [4.78, 5) is 10.2. The molecule has 1 aromatic rings. The van der Waals surface area contributed by atoms with Gasteiger partial charge < -0.3 is 5.73 Å². The van der Waals surface area contributed by atoms with Gasteiger partial charge in [-0.05, 0) is 13.0 Å². The molecule has 0 radical (unpaired) electrons. The monoisotopic (exact) mass is 236 g/mol. The van der Waals surface area contributed by atoms with Gasteiger partial charge in [0.05, 0.1) is 10.6 Å². The third-order valence-electron chi connectivity index (χ3n) is 2.02. The smallest absolute Gasteiger partial charge is 0.274 e. The van der Waals surface area contributed by atoms with Crippen molar-refractivity contribution in [2.45, 2.75) is 13.3 Å². The first-order valence-electron chi connectivity index (χ1n) is 4.70. The Balaban J connectivity index is 3.12. The van der Waals surface area contributed by atoms with Crippen LogP contribution in [0.3, 0.4) is 0 Å². The van der Waals surface area contributed by atoms with E-state index in [9.17, 15) is 10.1 Å². The normalized spacial score (nSPS) is 9.38. The summed E-state index contributed by atoms with van der Waals surface area (Å²) in [6.45, 7) is 1.67. The maximum atomic E-state index is 10.6. The first kappa shape index (κ1) is 12.4. The highest BCUT2D eigenvalue weighted by atomic mass is 32.1. The molecule has 0 amide bonds. The fourth-order valence-corrected chi connectivity index (χ4v) is 1.34. The molecule has 0 atom stereocenters. The fourth-order valence-electron chi connectivity index (χ4n) is 1.23. The molecule has 0 bridgehead atoms. The molecule has 2 N–H and O–H groups in total. The molecule has 1 aromatic carbocycles. The molecule has 0 aliphatic heterocycles. The number of nitrogens with zero attached hydrogens (tertiary/aromatic N) is 1. The number of anilines is 1. The number of rotatable bonds is 2. The number of nitrogens with two attached hydrogens (primary N) is 1. The molecule has 0 saturated heterocycles. The van der Waals surface area contributed by atoms with Crippen molar-refractivity contribution in [1.29, 1.82) is 0 Å². The van der Waals surface area contributed by atoms with Crippen LogP contribution in [-0.4, -0.2) is 10.7 Å². The predicted octanol–water partition coefficient (Wildman–Crippen LogP) is 2.16. The largest absolute Gasteiger partial charge is 0.398 e. The van der Waals surface area contributed by atoms with Crippen molar-refractivity contribution in [3.8, 4) is 11.8 Å². The quantitative estimate of drug-likeness (QED) is 0.272. The number of aryl methyl sites for hydroxylation is 1. The molecule has 16 heavy (non-hydrogen) atoms. The van der Waals surface area contributed by atoms with E-state index in [0.717, 1.165) is 0 Å². The molecule has 0 heterocycles. The second-order valence-electron chi connectivity index (χ2n) is 3.26. The summed E-state index contributed by atoms with van der Waals surface area (Å²) in [7, 11) is 0. The van der Waals surface area contributed by atoms with E-state index in [0.29, 0.717) is 29.0 Å². The standard InChI is InChI=1S/C11H12N2O2S/c1-8-6-9(4-2-3-5-16)10(12)7-11(8)13(14)15/h6-7,16H,3,5,12H2,1H3. The number of hydrogen-bond donors (Lipinski definition) is 2. The number of thiol groups is 1. The summed E-state index contributed by atoms with van der Waals surface area (Å²) >= 11 is 4.03. The average molecular weight is 236 g/mol. The average Bonchev–Trinajstić information content (AvgIpc) is 2.22. The van der Waals surface area contributed by atoms with E-state index in [4.69, 9.17) is 5.73 Å². The summed E-state index contributed by atoms with van der Waals surface area (Å²) in [5, 5.41) is 10.6.